The molecular formula is C17H26N4O3. The van der Waals surface area contributed by atoms with Crippen LogP contribution in [0.1, 0.15) is 43.5 Å². The molecule has 0 unspecified atom stereocenters. The van der Waals surface area contributed by atoms with E-state index in [9.17, 15) is 14.9 Å². The Bertz CT molecular complexity index is 610. The Morgan fingerprint density at radius 2 is 2.04 bits per heavy atom. The quantitative estimate of drug-likeness (QED) is 0.617. The normalized spacial score (nSPS) is 15.2. The highest BCUT2D eigenvalue weighted by Crippen LogP contribution is 2.35. The van der Waals surface area contributed by atoms with Crippen LogP contribution in [0.4, 0.5) is 17.1 Å². The van der Waals surface area contributed by atoms with E-state index in [1.807, 2.05) is 6.92 Å². The van der Waals surface area contributed by atoms with Crippen molar-refractivity contribution in [3.63, 3.8) is 0 Å². The predicted molar refractivity (Wildman–Crippen MR) is 95.9 cm³/mol. The van der Waals surface area contributed by atoms with E-state index >= 15 is 0 Å². The molecule has 0 bridgehead atoms. The fourth-order valence-electron chi connectivity index (χ4n) is 2.95. The van der Waals surface area contributed by atoms with Gasteiger partial charge in [-0.05, 0) is 31.2 Å². The van der Waals surface area contributed by atoms with Crippen molar-refractivity contribution < 1.29 is 9.72 Å². The van der Waals surface area contributed by atoms with Crippen molar-refractivity contribution in [3.8, 4) is 0 Å². The number of anilines is 2. The van der Waals surface area contributed by atoms with Gasteiger partial charge >= 0.3 is 0 Å². The van der Waals surface area contributed by atoms with Gasteiger partial charge < -0.3 is 15.5 Å². The number of carbonyl (C=O) groups excluding carboxylic acids is 1. The Hall–Kier alpha value is -2.31. The maximum atomic E-state index is 12.5. The SMILES string of the molecule is CCCNC(=O)c1cc([N+](=O)[O-])c(NC)cc1N1CCC(C)CC1. The van der Waals surface area contributed by atoms with Crippen molar-refractivity contribution >= 4 is 23.0 Å². The lowest BCUT2D eigenvalue weighted by molar-refractivity contribution is -0.383. The minimum absolute atomic E-state index is 0.0757. The Labute approximate surface area is 142 Å². The molecule has 2 rings (SSSR count). The van der Waals surface area contributed by atoms with E-state index in [4.69, 9.17) is 0 Å². The van der Waals surface area contributed by atoms with E-state index < -0.39 is 4.92 Å². The molecule has 0 aliphatic carbocycles. The molecule has 1 saturated heterocycles. The average molecular weight is 334 g/mol. The summed E-state index contributed by atoms with van der Waals surface area (Å²) in [6, 6.07) is 3.12. The Kier molecular flexibility index (Phi) is 6.00. The third-order valence-electron chi connectivity index (χ3n) is 4.48. The number of rotatable bonds is 6. The first-order chi connectivity index (χ1) is 11.5. The third kappa shape index (κ3) is 3.96. The minimum Gasteiger partial charge on any atom is -0.383 e. The molecule has 1 aromatic rings. The van der Waals surface area contributed by atoms with Gasteiger partial charge in [0.1, 0.15) is 5.69 Å². The third-order valence-corrected chi connectivity index (χ3v) is 4.48. The number of hydrogen-bond donors (Lipinski definition) is 2. The molecule has 24 heavy (non-hydrogen) atoms. The van der Waals surface area contributed by atoms with E-state index in [0.717, 1.165) is 38.0 Å². The van der Waals surface area contributed by atoms with Crippen LogP contribution in [0, 0.1) is 16.0 Å². The molecule has 0 saturated carbocycles. The molecule has 132 valence electrons. The minimum atomic E-state index is -0.454. The zero-order valence-corrected chi connectivity index (χ0v) is 14.6. The molecule has 0 spiro atoms. The molecule has 1 amide bonds. The summed E-state index contributed by atoms with van der Waals surface area (Å²) in [6.07, 6.45) is 2.93. The zero-order chi connectivity index (χ0) is 17.7. The number of nitrogens with zero attached hydrogens (tertiary/aromatic N) is 2. The van der Waals surface area contributed by atoms with Crippen molar-refractivity contribution in [3.05, 3.63) is 27.8 Å². The van der Waals surface area contributed by atoms with Crippen LogP contribution in [-0.2, 0) is 0 Å². The van der Waals surface area contributed by atoms with E-state index in [1.165, 1.54) is 6.07 Å². The lowest BCUT2D eigenvalue weighted by Crippen LogP contribution is -2.35. The van der Waals surface area contributed by atoms with Gasteiger partial charge in [-0.1, -0.05) is 13.8 Å². The van der Waals surface area contributed by atoms with Crippen molar-refractivity contribution in [2.75, 3.05) is 36.9 Å². The van der Waals surface area contributed by atoms with Gasteiger partial charge in [0.15, 0.2) is 0 Å². The fraction of sp³-hybridized carbons (Fsp3) is 0.588. The molecule has 2 N–H and O–H groups in total. The molecule has 1 heterocycles. The van der Waals surface area contributed by atoms with Crippen molar-refractivity contribution in [1.29, 1.82) is 0 Å². The molecule has 1 fully saturated rings. The number of benzene rings is 1. The van der Waals surface area contributed by atoms with Crippen molar-refractivity contribution in [2.24, 2.45) is 5.92 Å². The summed E-state index contributed by atoms with van der Waals surface area (Å²) >= 11 is 0. The first-order valence-electron chi connectivity index (χ1n) is 8.51. The smallest absolute Gasteiger partial charge is 0.293 e. The lowest BCUT2D eigenvalue weighted by Gasteiger charge is -2.33. The summed E-state index contributed by atoms with van der Waals surface area (Å²) in [5.41, 5.74) is 1.50. The zero-order valence-electron chi connectivity index (χ0n) is 14.6. The number of amides is 1. The van der Waals surface area contributed by atoms with Crippen LogP contribution in [0.15, 0.2) is 12.1 Å². The van der Waals surface area contributed by atoms with Gasteiger partial charge in [-0.25, -0.2) is 0 Å². The number of carbonyl (C=O) groups is 1. The van der Waals surface area contributed by atoms with Crippen LogP contribution in [0.25, 0.3) is 0 Å². The molecule has 0 atom stereocenters. The summed E-state index contributed by atoms with van der Waals surface area (Å²) < 4.78 is 0. The van der Waals surface area contributed by atoms with Crippen LogP contribution in [0.3, 0.4) is 0 Å². The monoisotopic (exact) mass is 334 g/mol. The average Bonchev–Trinajstić information content (AvgIpc) is 2.59. The highest BCUT2D eigenvalue weighted by atomic mass is 16.6. The second kappa shape index (κ2) is 7.99. The predicted octanol–water partition coefficient (Wildman–Crippen LogP) is 3.01. The lowest BCUT2D eigenvalue weighted by atomic mass is 9.97. The van der Waals surface area contributed by atoms with Crippen LogP contribution < -0.4 is 15.5 Å². The number of nitrogens with one attached hydrogen (secondary N) is 2. The van der Waals surface area contributed by atoms with Gasteiger partial charge in [-0.15, -0.1) is 0 Å². The van der Waals surface area contributed by atoms with Crippen molar-refractivity contribution in [2.45, 2.75) is 33.1 Å². The Morgan fingerprint density at radius 3 is 2.58 bits per heavy atom. The standard InChI is InChI=1S/C17H26N4O3/c1-4-7-19-17(22)13-10-16(21(23)24)14(18-3)11-15(13)20-8-5-12(2)6-9-20/h10-12,18H,4-9H2,1-3H3,(H,19,22). The van der Waals surface area contributed by atoms with Gasteiger partial charge in [-0.3, -0.25) is 14.9 Å². The van der Waals surface area contributed by atoms with Gasteiger partial charge in [0.25, 0.3) is 11.6 Å². The van der Waals surface area contributed by atoms with Crippen molar-refractivity contribution in [1.82, 2.24) is 5.32 Å². The largest absolute Gasteiger partial charge is 0.383 e. The van der Waals surface area contributed by atoms with E-state index in [2.05, 4.69) is 22.5 Å². The van der Waals surface area contributed by atoms with Crippen LogP contribution >= 0.6 is 0 Å². The second-order valence-electron chi connectivity index (χ2n) is 6.32. The van der Waals surface area contributed by atoms with Gasteiger partial charge in [-0.2, -0.15) is 0 Å². The van der Waals surface area contributed by atoms with E-state index in [0.29, 0.717) is 23.7 Å². The highest BCUT2D eigenvalue weighted by Gasteiger charge is 2.26. The molecule has 7 heteroatoms. The topological polar surface area (TPSA) is 87.5 Å². The summed E-state index contributed by atoms with van der Waals surface area (Å²) in [7, 11) is 1.65. The first-order valence-corrected chi connectivity index (χ1v) is 8.51. The molecule has 0 radical (unpaired) electrons. The van der Waals surface area contributed by atoms with Crippen LogP contribution in [0.5, 0.6) is 0 Å². The van der Waals surface area contributed by atoms with Gasteiger partial charge in [0.2, 0.25) is 0 Å². The summed E-state index contributed by atoms with van der Waals surface area (Å²) in [6.45, 7) is 6.46. The fourth-order valence-corrected chi connectivity index (χ4v) is 2.95. The number of hydrogen-bond acceptors (Lipinski definition) is 5. The first kappa shape index (κ1) is 18.0. The van der Waals surface area contributed by atoms with Gasteiger partial charge in [0.05, 0.1) is 16.2 Å². The summed E-state index contributed by atoms with van der Waals surface area (Å²) in [5.74, 6) is 0.414. The molecule has 0 aromatic heterocycles. The molecule has 1 aromatic carbocycles. The Morgan fingerprint density at radius 1 is 1.38 bits per heavy atom. The highest BCUT2D eigenvalue weighted by molar-refractivity contribution is 6.02. The molecular weight excluding hydrogens is 308 g/mol. The number of nitro benzene ring substituents is 1. The van der Waals surface area contributed by atoms with Gasteiger partial charge in [0, 0.05) is 32.7 Å². The molecule has 1 aliphatic heterocycles. The maximum absolute atomic E-state index is 12.5. The molecule has 7 nitrogen and oxygen atoms in total. The molecule has 1 aliphatic rings. The van der Waals surface area contributed by atoms with Crippen LogP contribution in [-0.4, -0.2) is 37.5 Å². The Balaban J connectivity index is 2.45. The summed E-state index contributed by atoms with van der Waals surface area (Å²) in [4.78, 5) is 25.5. The summed E-state index contributed by atoms with van der Waals surface area (Å²) in [5, 5.41) is 17.0. The number of nitro groups is 1. The van der Waals surface area contributed by atoms with E-state index in [-0.39, 0.29) is 11.6 Å². The van der Waals surface area contributed by atoms with Crippen LogP contribution in [0.2, 0.25) is 0 Å². The number of piperidine rings is 1. The second-order valence-corrected chi connectivity index (χ2v) is 6.32. The maximum Gasteiger partial charge on any atom is 0.293 e. The van der Waals surface area contributed by atoms with E-state index in [1.54, 1.807) is 13.1 Å².